The standard InChI is InChI=1S/C27H22ClFN4O2S/c1-16-2-12-21(13-3-16)30-25(34)15-24-26(35)31-27(36-24)33-23(18-4-8-19(28)9-5-18)14-22(32-33)17-6-10-20(29)11-7-17/h2-13,23-24H,14-15H2,1H3,(H,30,34). The van der Waals surface area contributed by atoms with Crippen LogP contribution in [0.5, 0.6) is 0 Å². The highest BCUT2D eigenvalue weighted by atomic mass is 35.5. The zero-order valence-electron chi connectivity index (χ0n) is 19.3. The predicted octanol–water partition coefficient (Wildman–Crippen LogP) is 5.97. The van der Waals surface area contributed by atoms with Gasteiger partial charge in [0.1, 0.15) is 11.1 Å². The number of hydrazone groups is 1. The van der Waals surface area contributed by atoms with Crippen LogP contribution in [0, 0.1) is 12.7 Å². The van der Waals surface area contributed by atoms with Crippen molar-refractivity contribution in [2.24, 2.45) is 10.1 Å². The lowest BCUT2D eigenvalue weighted by molar-refractivity contribution is -0.121. The van der Waals surface area contributed by atoms with E-state index in [9.17, 15) is 14.0 Å². The third-order valence-electron chi connectivity index (χ3n) is 5.97. The summed E-state index contributed by atoms with van der Waals surface area (Å²) in [5.74, 6) is -0.946. The Morgan fingerprint density at radius 1 is 1.08 bits per heavy atom. The van der Waals surface area contributed by atoms with Crippen molar-refractivity contribution in [3.8, 4) is 0 Å². The summed E-state index contributed by atoms with van der Waals surface area (Å²) < 4.78 is 13.5. The smallest absolute Gasteiger partial charge is 0.262 e. The molecule has 2 unspecified atom stereocenters. The molecule has 182 valence electrons. The number of amides is 2. The molecule has 3 aromatic carbocycles. The Morgan fingerprint density at radius 3 is 2.47 bits per heavy atom. The summed E-state index contributed by atoms with van der Waals surface area (Å²) >= 11 is 7.32. The largest absolute Gasteiger partial charge is 0.326 e. The van der Waals surface area contributed by atoms with Crippen LogP contribution in [-0.2, 0) is 9.59 Å². The number of amidine groups is 1. The molecule has 0 fully saturated rings. The van der Waals surface area contributed by atoms with E-state index in [1.54, 1.807) is 29.3 Å². The molecule has 2 atom stereocenters. The monoisotopic (exact) mass is 520 g/mol. The van der Waals surface area contributed by atoms with Crippen molar-refractivity contribution in [3.05, 3.63) is 100 Å². The summed E-state index contributed by atoms with van der Waals surface area (Å²) in [5, 5.41) is 9.74. The number of carbonyl (C=O) groups is 2. The zero-order valence-corrected chi connectivity index (χ0v) is 20.9. The van der Waals surface area contributed by atoms with Crippen LogP contribution in [0.25, 0.3) is 0 Å². The van der Waals surface area contributed by atoms with E-state index in [1.807, 2.05) is 43.3 Å². The maximum Gasteiger partial charge on any atom is 0.262 e. The second kappa shape index (κ2) is 10.2. The van der Waals surface area contributed by atoms with Gasteiger partial charge in [0.15, 0.2) is 5.17 Å². The summed E-state index contributed by atoms with van der Waals surface area (Å²) in [6.07, 6.45) is 0.540. The van der Waals surface area contributed by atoms with Crippen molar-refractivity contribution in [2.75, 3.05) is 5.32 Å². The molecule has 0 bridgehead atoms. The van der Waals surface area contributed by atoms with Gasteiger partial charge in [-0.05, 0) is 54.4 Å². The molecular weight excluding hydrogens is 499 g/mol. The number of hydrogen-bond acceptors (Lipinski definition) is 5. The van der Waals surface area contributed by atoms with Crippen molar-refractivity contribution < 1.29 is 14.0 Å². The Hall–Kier alpha value is -3.49. The molecule has 36 heavy (non-hydrogen) atoms. The molecule has 1 N–H and O–H groups in total. The lowest BCUT2D eigenvalue weighted by Gasteiger charge is -2.23. The van der Waals surface area contributed by atoms with Crippen LogP contribution in [0.1, 0.15) is 35.6 Å². The van der Waals surface area contributed by atoms with Crippen LogP contribution in [0.15, 0.2) is 82.9 Å². The number of thioether (sulfide) groups is 1. The van der Waals surface area contributed by atoms with E-state index in [1.165, 1.54) is 23.9 Å². The van der Waals surface area contributed by atoms with Crippen LogP contribution < -0.4 is 5.32 Å². The average molecular weight is 521 g/mol. The number of aliphatic imine (C=N–C) groups is 1. The fourth-order valence-corrected chi connectivity index (χ4v) is 5.26. The van der Waals surface area contributed by atoms with E-state index in [2.05, 4.69) is 10.3 Å². The number of anilines is 1. The molecule has 0 aromatic heterocycles. The summed E-state index contributed by atoms with van der Waals surface area (Å²) in [7, 11) is 0. The van der Waals surface area contributed by atoms with E-state index >= 15 is 0 Å². The second-order valence-electron chi connectivity index (χ2n) is 8.63. The normalized spacial score (nSPS) is 19.3. The summed E-state index contributed by atoms with van der Waals surface area (Å²) in [6.45, 7) is 1.97. The first-order valence-corrected chi connectivity index (χ1v) is 12.7. The molecule has 2 aliphatic heterocycles. The lowest BCUT2D eigenvalue weighted by atomic mass is 9.99. The minimum atomic E-state index is -0.638. The second-order valence-corrected chi connectivity index (χ2v) is 10.2. The van der Waals surface area contributed by atoms with Gasteiger partial charge in [-0.3, -0.25) is 9.59 Å². The van der Waals surface area contributed by atoms with Crippen molar-refractivity contribution in [2.45, 2.75) is 31.1 Å². The molecule has 0 spiro atoms. The van der Waals surface area contributed by atoms with Gasteiger partial charge in [0.05, 0.1) is 11.8 Å². The first-order valence-electron chi connectivity index (χ1n) is 11.4. The van der Waals surface area contributed by atoms with E-state index in [-0.39, 0.29) is 30.1 Å². The molecule has 2 amide bonds. The number of nitrogens with one attached hydrogen (secondary N) is 1. The van der Waals surface area contributed by atoms with E-state index in [0.717, 1.165) is 22.4 Å². The van der Waals surface area contributed by atoms with Gasteiger partial charge in [0, 0.05) is 23.6 Å². The minimum absolute atomic E-state index is 0.00163. The van der Waals surface area contributed by atoms with E-state index in [0.29, 0.717) is 22.3 Å². The molecule has 2 heterocycles. The number of aryl methyl sites for hydroxylation is 1. The number of nitrogens with zero attached hydrogens (tertiary/aromatic N) is 3. The molecule has 0 radical (unpaired) electrons. The van der Waals surface area contributed by atoms with Crippen molar-refractivity contribution in [1.29, 1.82) is 0 Å². The quantitative estimate of drug-likeness (QED) is 0.450. The maximum absolute atomic E-state index is 13.5. The van der Waals surface area contributed by atoms with Gasteiger partial charge >= 0.3 is 0 Å². The zero-order chi connectivity index (χ0) is 25.2. The Balaban J connectivity index is 1.35. The molecule has 0 aliphatic carbocycles. The van der Waals surface area contributed by atoms with E-state index in [4.69, 9.17) is 16.7 Å². The summed E-state index contributed by atoms with van der Waals surface area (Å²) in [6, 6.07) is 20.8. The van der Waals surface area contributed by atoms with Crippen LogP contribution in [0.4, 0.5) is 10.1 Å². The van der Waals surface area contributed by atoms with Gasteiger partial charge in [-0.2, -0.15) is 10.1 Å². The fraction of sp³-hybridized carbons (Fsp3) is 0.185. The van der Waals surface area contributed by atoms with E-state index < -0.39 is 5.25 Å². The van der Waals surface area contributed by atoms with Gasteiger partial charge < -0.3 is 5.32 Å². The Labute approximate surface area is 217 Å². The Morgan fingerprint density at radius 2 is 1.78 bits per heavy atom. The third-order valence-corrected chi connectivity index (χ3v) is 7.37. The highest BCUT2D eigenvalue weighted by molar-refractivity contribution is 8.15. The molecular formula is C27H22ClFN4O2S. The van der Waals surface area contributed by atoms with Gasteiger partial charge in [0.25, 0.3) is 5.91 Å². The highest BCUT2D eigenvalue weighted by Crippen LogP contribution is 2.39. The molecule has 6 nitrogen and oxygen atoms in total. The third kappa shape index (κ3) is 5.34. The van der Waals surface area contributed by atoms with Gasteiger partial charge in [-0.25, -0.2) is 9.40 Å². The average Bonchev–Trinajstić information content (AvgIpc) is 3.45. The summed E-state index contributed by atoms with van der Waals surface area (Å²) in [4.78, 5) is 29.6. The molecule has 5 rings (SSSR count). The maximum atomic E-state index is 13.5. The van der Waals surface area contributed by atoms with Crippen molar-refractivity contribution in [3.63, 3.8) is 0 Å². The van der Waals surface area contributed by atoms with Gasteiger partial charge in [0.2, 0.25) is 5.91 Å². The molecule has 9 heteroatoms. The Bertz CT molecular complexity index is 1360. The number of rotatable bonds is 5. The molecule has 0 saturated carbocycles. The number of benzene rings is 3. The first-order chi connectivity index (χ1) is 17.4. The van der Waals surface area contributed by atoms with Crippen molar-refractivity contribution in [1.82, 2.24) is 5.01 Å². The summed E-state index contributed by atoms with van der Waals surface area (Å²) in [5.41, 5.74) is 4.27. The number of carbonyl (C=O) groups excluding carboxylic acids is 2. The molecule has 2 aliphatic rings. The predicted molar refractivity (Wildman–Crippen MR) is 142 cm³/mol. The number of hydrogen-bond donors (Lipinski definition) is 1. The van der Waals surface area contributed by atoms with Crippen LogP contribution in [0.2, 0.25) is 5.02 Å². The number of halogens is 2. The lowest BCUT2D eigenvalue weighted by Crippen LogP contribution is -2.25. The SMILES string of the molecule is Cc1ccc(NC(=O)CC2SC(N3N=C(c4ccc(F)cc4)CC3c3ccc(Cl)cc3)=NC2=O)cc1. The minimum Gasteiger partial charge on any atom is -0.326 e. The molecule has 3 aromatic rings. The highest BCUT2D eigenvalue weighted by Gasteiger charge is 2.39. The topological polar surface area (TPSA) is 74.1 Å². The van der Waals surface area contributed by atoms with Crippen LogP contribution in [-0.4, -0.2) is 33.0 Å². The van der Waals surface area contributed by atoms with Crippen LogP contribution in [0.3, 0.4) is 0 Å². The molecule has 0 saturated heterocycles. The van der Waals surface area contributed by atoms with Crippen LogP contribution >= 0.6 is 23.4 Å². The Kier molecular flexibility index (Phi) is 6.89. The van der Waals surface area contributed by atoms with Crippen molar-refractivity contribution >= 4 is 51.7 Å². The van der Waals surface area contributed by atoms with Gasteiger partial charge in [-0.15, -0.1) is 0 Å². The first kappa shape index (κ1) is 24.2. The fourth-order valence-electron chi connectivity index (χ4n) is 4.07. The van der Waals surface area contributed by atoms with Gasteiger partial charge in [-0.1, -0.05) is 65.3 Å².